The summed E-state index contributed by atoms with van der Waals surface area (Å²) in [7, 11) is 2.02. The maximum absolute atomic E-state index is 5.38. The first-order valence-electron chi connectivity index (χ1n) is 5.06. The van der Waals surface area contributed by atoms with E-state index in [0.29, 0.717) is 6.54 Å². The Labute approximate surface area is 108 Å². The van der Waals surface area contributed by atoms with Crippen LogP contribution in [-0.4, -0.2) is 26.5 Å². The number of aryl methyl sites for hydroxylation is 1. The van der Waals surface area contributed by atoms with Gasteiger partial charge in [0.2, 0.25) is 0 Å². The molecular weight excluding hydrogens is 256 g/mol. The highest BCUT2D eigenvalue weighted by atomic mass is 32.1. The summed E-state index contributed by atoms with van der Waals surface area (Å²) in [5.74, 6) is 5.38. The van der Waals surface area contributed by atoms with E-state index in [2.05, 4.69) is 30.3 Å². The Bertz CT molecular complexity index is 479. The standard InChI is InChI=1S/C9H14N6S2/c1-6-11-7(5-16-6)3-15(2)4-8-9(12-10)17-14-13-8/h5,12H,3-4,10H2,1-2H3. The highest BCUT2D eigenvalue weighted by Gasteiger charge is 2.10. The number of nitrogens with one attached hydrogen (secondary N) is 1. The molecule has 2 aromatic rings. The van der Waals surface area contributed by atoms with Gasteiger partial charge in [-0.25, -0.2) is 10.8 Å². The molecule has 0 atom stereocenters. The van der Waals surface area contributed by atoms with Crippen molar-refractivity contribution in [1.82, 2.24) is 19.5 Å². The molecule has 0 saturated carbocycles. The molecule has 3 N–H and O–H groups in total. The van der Waals surface area contributed by atoms with Crippen LogP contribution >= 0.6 is 22.9 Å². The van der Waals surface area contributed by atoms with Crippen LogP contribution in [0.3, 0.4) is 0 Å². The zero-order chi connectivity index (χ0) is 12.3. The van der Waals surface area contributed by atoms with Crippen LogP contribution in [0.5, 0.6) is 0 Å². The van der Waals surface area contributed by atoms with Gasteiger partial charge in [-0.2, -0.15) is 0 Å². The molecule has 0 aromatic carbocycles. The first kappa shape index (κ1) is 12.4. The van der Waals surface area contributed by atoms with E-state index in [-0.39, 0.29) is 0 Å². The van der Waals surface area contributed by atoms with Crippen molar-refractivity contribution in [1.29, 1.82) is 0 Å². The number of hydrazine groups is 1. The number of thiazole rings is 1. The molecule has 0 aliphatic heterocycles. The predicted molar refractivity (Wildman–Crippen MR) is 69.7 cm³/mol. The summed E-state index contributed by atoms with van der Waals surface area (Å²) >= 11 is 2.93. The molecule has 0 unspecified atom stereocenters. The minimum Gasteiger partial charge on any atom is -0.313 e. The summed E-state index contributed by atoms with van der Waals surface area (Å²) in [6.45, 7) is 3.51. The summed E-state index contributed by atoms with van der Waals surface area (Å²) in [4.78, 5) is 6.56. The molecule has 2 rings (SSSR count). The van der Waals surface area contributed by atoms with Crippen LogP contribution in [-0.2, 0) is 13.1 Å². The number of nitrogen functional groups attached to an aromatic ring is 1. The van der Waals surface area contributed by atoms with E-state index >= 15 is 0 Å². The second-order valence-electron chi connectivity index (χ2n) is 3.72. The maximum atomic E-state index is 5.38. The van der Waals surface area contributed by atoms with Crippen LogP contribution in [0, 0.1) is 6.92 Å². The SMILES string of the molecule is Cc1nc(CN(C)Cc2nnsc2NN)cs1. The third-order valence-electron chi connectivity index (χ3n) is 2.21. The predicted octanol–water partition coefficient (Wildman–Crippen LogP) is 1.22. The van der Waals surface area contributed by atoms with Gasteiger partial charge in [-0.05, 0) is 14.0 Å². The van der Waals surface area contributed by atoms with Crippen molar-refractivity contribution in [3.63, 3.8) is 0 Å². The molecule has 0 amide bonds. The summed E-state index contributed by atoms with van der Waals surface area (Å²) in [5, 5.41) is 8.02. The van der Waals surface area contributed by atoms with E-state index in [4.69, 9.17) is 5.84 Å². The molecule has 0 saturated heterocycles. The van der Waals surface area contributed by atoms with Gasteiger partial charge >= 0.3 is 0 Å². The lowest BCUT2D eigenvalue weighted by Crippen LogP contribution is -2.19. The van der Waals surface area contributed by atoms with Gasteiger partial charge in [0.15, 0.2) is 0 Å². The lowest BCUT2D eigenvalue weighted by atomic mass is 10.4. The summed E-state index contributed by atoms with van der Waals surface area (Å²) in [6.07, 6.45) is 0. The number of anilines is 1. The van der Waals surface area contributed by atoms with Crippen molar-refractivity contribution in [2.75, 3.05) is 12.5 Å². The van der Waals surface area contributed by atoms with E-state index in [0.717, 1.165) is 27.9 Å². The quantitative estimate of drug-likeness (QED) is 0.628. The lowest BCUT2D eigenvalue weighted by molar-refractivity contribution is 0.312. The average molecular weight is 270 g/mol. The van der Waals surface area contributed by atoms with E-state index in [1.807, 2.05) is 14.0 Å². The largest absolute Gasteiger partial charge is 0.313 e. The fourth-order valence-corrected chi connectivity index (χ4v) is 2.58. The highest BCUT2D eigenvalue weighted by molar-refractivity contribution is 7.10. The number of nitrogens with two attached hydrogens (primary N) is 1. The van der Waals surface area contributed by atoms with Crippen molar-refractivity contribution < 1.29 is 0 Å². The number of aromatic nitrogens is 3. The summed E-state index contributed by atoms with van der Waals surface area (Å²) in [5.41, 5.74) is 4.55. The van der Waals surface area contributed by atoms with E-state index in [9.17, 15) is 0 Å². The monoisotopic (exact) mass is 270 g/mol. The molecule has 0 aliphatic carbocycles. The molecule has 6 nitrogen and oxygen atoms in total. The van der Waals surface area contributed by atoms with Crippen molar-refractivity contribution in [3.05, 3.63) is 21.8 Å². The van der Waals surface area contributed by atoms with Crippen LogP contribution in [0.25, 0.3) is 0 Å². The van der Waals surface area contributed by atoms with Crippen molar-refractivity contribution in [2.45, 2.75) is 20.0 Å². The number of nitrogens with zero attached hydrogens (tertiary/aromatic N) is 4. The third kappa shape index (κ3) is 3.19. The van der Waals surface area contributed by atoms with E-state index in [1.54, 1.807) is 11.3 Å². The molecule has 0 spiro atoms. The fraction of sp³-hybridized carbons (Fsp3) is 0.444. The molecule has 0 radical (unpaired) electrons. The van der Waals surface area contributed by atoms with Gasteiger partial charge in [0.25, 0.3) is 0 Å². The summed E-state index contributed by atoms with van der Waals surface area (Å²) in [6, 6.07) is 0. The van der Waals surface area contributed by atoms with Crippen molar-refractivity contribution in [3.8, 4) is 0 Å². The first-order valence-corrected chi connectivity index (χ1v) is 6.71. The molecule has 2 aromatic heterocycles. The van der Waals surface area contributed by atoms with Crippen LogP contribution in [0.1, 0.15) is 16.4 Å². The molecule has 17 heavy (non-hydrogen) atoms. The summed E-state index contributed by atoms with van der Waals surface area (Å²) < 4.78 is 3.87. The minimum absolute atomic E-state index is 0.701. The molecule has 2 heterocycles. The maximum Gasteiger partial charge on any atom is 0.148 e. The first-order chi connectivity index (χ1) is 8.19. The van der Waals surface area contributed by atoms with Gasteiger partial charge in [0.05, 0.1) is 10.7 Å². The highest BCUT2D eigenvalue weighted by Crippen LogP contribution is 2.18. The Balaban J connectivity index is 1.95. The van der Waals surface area contributed by atoms with Crippen LogP contribution < -0.4 is 11.3 Å². The molecule has 0 aliphatic rings. The molecule has 0 fully saturated rings. The topological polar surface area (TPSA) is 80.0 Å². The Morgan fingerprint density at radius 3 is 2.94 bits per heavy atom. The van der Waals surface area contributed by atoms with Gasteiger partial charge in [0, 0.05) is 30.0 Å². The molecule has 92 valence electrons. The Hall–Kier alpha value is -1.09. The van der Waals surface area contributed by atoms with Crippen molar-refractivity contribution in [2.24, 2.45) is 5.84 Å². The van der Waals surface area contributed by atoms with E-state index < -0.39 is 0 Å². The number of rotatable bonds is 5. The van der Waals surface area contributed by atoms with Crippen molar-refractivity contribution >= 4 is 27.9 Å². The van der Waals surface area contributed by atoms with Gasteiger partial charge < -0.3 is 5.43 Å². The zero-order valence-electron chi connectivity index (χ0n) is 9.67. The minimum atomic E-state index is 0.701. The third-order valence-corrected chi connectivity index (χ3v) is 3.73. The van der Waals surface area contributed by atoms with Gasteiger partial charge in [-0.1, -0.05) is 4.49 Å². The average Bonchev–Trinajstić information content (AvgIpc) is 2.87. The van der Waals surface area contributed by atoms with Crippen LogP contribution in [0.15, 0.2) is 5.38 Å². The zero-order valence-corrected chi connectivity index (χ0v) is 11.3. The second-order valence-corrected chi connectivity index (χ2v) is 5.54. The Kier molecular flexibility index (Phi) is 4.00. The second kappa shape index (κ2) is 5.50. The van der Waals surface area contributed by atoms with Gasteiger partial charge in [0.1, 0.15) is 10.7 Å². The molecule has 8 heteroatoms. The van der Waals surface area contributed by atoms with Gasteiger partial charge in [-0.15, -0.1) is 16.4 Å². The normalized spacial score (nSPS) is 11.1. The van der Waals surface area contributed by atoms with E-state index in [1.165, 1.54) is 11.5 Å². The van der Waals surface area contributed by atoms with Gasteiger partial charge in [-0.3, -0.25) is 4.90 Å². The van der Waals surface area contributed by atoms with Crippen LogP contribution in [0.4, 0.5) is 5.00 Å². The molecular formula is C9H14N6S2. The molecule has 0 bridgehead atoms. The number of hydrogen-bond donors (Lipinski definition) is 2. The smallest absolute Gasteiger partial charge is 0.148 e. The Morgan fingerprint density at radius 1 is 1.47 bits per heavy atom. The Morgan fingerprint density at radius 2 is 2.29 bits per heavy atom. The van der Waals surface area contributed by atoms with Crippen LogP contribution in [0.2, 0.25) is 0 Å². The fourth-order valence-electron chi connectivity index (χ4n) is 1.49. The number of hydrogen-bond acceptors (Lipinski definition) is 8. The lowest BCUT2D eigenvalue weighted by Gasteiger charge is -2.13.